The molecule has 11 heteroatoms. The van der Waals surface area contributed by atoms with E-state index < -0.39 is 52.2 Å². The first-order valence-corrected chi connectivity index (χ1v) is 9.95. The highest BCUT2D eigenvalue weighted by atomic mass is 19.4. The van der Waals surface area contributed by atoms with Crippen LogP contribution in [-0.2, 0) is 6.18 Å². The molecular formula is C23H15F6N3O2. The van der Waals surface area contributed by atoms with E-state index in [1.54, 1.807) is 6.92 Å². The maximum atomic E-state index is 14.5. The summed E-state index contributed by atoms with van der Waals surface area (Å²) in [6.45, 7) is 1.63. The molecule has 0 fully saturated rings. The lowest BCUT2D eigenvalue weighted by Crippen LogP contribution is -2.19. The highest BCUT2D eigenvalue weighted by molar-refractivity contribution is 5.80. The van der Waals surface area contributed by atoms with Gasteiger partial charge in [-0.1, -0.05) is 6.92 Å². The monoisotopic (exact) mass is 479 g/mol. The zero-order valence-corrected chi connectivity index (χ0v) is 17.4. The molecule has 2 aromatic heterocycles. The van der Waals surface area contributed by atoms with Crippen LogP contribution < -0.4 is 10.3 Å². The summed E-state index contributed by atoms with van der Waals surface area (Å²) in [5.41, 5.74) is -2.06. The van der Waals surface area contributed by atoms with Crippen LogP contribution in [0.3, 0.4) is 0 Å². The first-order chi connectivity index (χ1) is 16.1. The van der Waals surface area contributed by atoms with Gasteiger partial charge in [-0.25, -0.2) is 18.2 Å². The second-order valence-corrected chi connectivity index (χ2v) is 7.30. The van der Waals surface area contributed by atoms with Crippen molar-refractivity contribution >= 4 is 10.9 Å². The lowest BCUT2D eigenvalue weighted by molar-refractivity contribution is -0.138. The molecule has 4 rings (SSSR count). The van der Waals surface area contributed by atoms with E-state index in [2.05, 4.69) is 9.97 Å². The number of ether oxygens (including phenoxy) is 1. The number of alkyl halides is 3. The van der Waals surface area contributed by atoms with Gasteiger partial charge in [0, 0.05) is 23.9 Å². The number of hydrogen-bond donors (Lipinski definition) is 0. The summed E-state index contributed by atoms with van der Waals surface area (Å²) >= 11 is 0. The Balaban J connectivity index is 1.82. The number of aromatic nitrogens is 3. The van der Waals surface area contributed by atoms with Crippen molar-refractivity contribution in [3.05, 3.63) is 93.9 Å². The predicted molar refractivity (Wildman–Crippen MR) is 110 cm³/mol. The van der Waals surface area contributed by atoms with Gasteiger partial charge in [0.05, 0.1) is 23.3 Å². The molecule has 0 unspecified atom stereocenters. The average molecular weight is 479 g/mol. The van der Waals surface area contributed by atoms with Gasteiger partial charge in [-0.3, -0.25) is 4.79 Å². The van der Waals surface area contributed by atoms with Crippen LogP contribution in [-0.4, -0.2) is 14.5 Å². The number of nitrogens with zero attached hydrogens (tertiary/aromatic N) is 3. The summed E-state index contributed by atoms with van der Waals surface area (Å²) in [4.78, 5) is 19.7. The number of rotatable bonds is 5. The Labute approximate surface area is 188 Å². The van der Waals surface area contributed by atoms with Crippen LogP contribution >= 0.6 is 0 Å². The predicted octanol–water partition coefficient (Wildman–Crippen LogP) is 6.02. The molecule has 0 aliphatic carbocycles. The highest BCUT2D eigenvalue weighted by Crippen LogP contribution is 2.37. The SMILES string of the molecule is CC[C@H](c1c(F)cc(F)cc1F)n1cnc(=O)c2cc(Oc3ncccc3C(F)(F)F)ccc21. The molecule has 176 valence electrons. The molecule has 2 aromatic carbocycles. The molecule has 0 aliphatic rings. The summed E-state index contributed by atoms with van der Waals surface area (Å²) in [5, 5.41) is -0.0640. The molecule has 0 aliphatic heterocycles. The van der Waals surface area contributed by atoms with Crippen molar-refractivity contribution in [2.24, 2.45) is 0 Å². The molecule has 0 bridgehead atoms. The lowest BCUT2D eigenvalue weighted by Gasteiger charge is -2.22. The number of fused-ring (bicyclic) bond motifs is 1. The molecule has 2 heterocycles. The minimum atomic E-state index is -4.72. The van der Waals surface area contributed by atoms with E-state index in [4.69, 9.17) is 4.74 Å². The normalized spacial score (nSPS) is 12.7. The van der Waals surface area contributed by atoms with Crippen molar-refractivity contribution in [1.82, 2.24) is 14.5 Å². The second-order valence-electron chi connectivity index (χ2n) is 7.30. The van der Waals surface area contributed by atoms with Crippen LogP contribution in [0.2, 0.25) is 0 Å². The van der Waals surface area contributed by atoms with E-state index in [0.29, 0.717) is 12.1 Å². The first kappa shape index (κ1) is 23.3. The van der Waals surface area contributed by atoms with E-state index in [0.717, 1.165) is 24.7 Å². The van der Waals surface area contributed by atoms with Gasteiger partial charge in [-0.15, -0.1) is 0 Å². The van der Waals surface area contributed by atoms with Gasteiger partial charge < -0.3 is 9.30 Å². The maximum absolute atomic E-state index is 14.5. The number of pyridine rings is 1. The van der Waals surface area contributed by atoms with Crippen LogP contribution in [0.1, 0.15) is 30.5 Å². The van der Waals surface area contributed by atoms with Gasteiger partial charge in [0.25, 0.3) is 5.56 Å². The zero-order valence-electron chi connectivity index (χ0n) is 17.4. The van der Waals surface area contributed by atoms with Crippen LogP contribution in [0.4, 0.5) is 26.3 Å². The van der Waals surface area contributed by atoms with E-state index in [9.17, 15) is 31.1 Å². The fraction of sp³-hybridized carbons (Fsp3) is 0.174. The van der Waals surface area contributed by atoms with E-state index in [1.807, 2.05) is 0 Å². The van der Waals surface area contributed by atoms with Gasteiger partial charge in [0.1, 0.15) is 28.8 Å². The summed E-state index contributed by atoms with van der Waals surface area (Å²) < 4.78 is 88.6. The fourth-order valence-electron chi connectivity index (χ4n) is 3.68. The first-order valence-electron chi connectivity index (χ1n) is 9.95. The molecule has 0 amide bonds. The lowest BCUT2D eigenvalue weighted by atomic mass is 10.0. The standard InChI is InChI=1S/C23H15F6N3O2/c1-2-18(20-16(25)8-12(24)9-17(20)26)32-11-31-21(33)14-10-13(5-6-19(14)32)34-22-15(23(27,28)29)4-3-7-30-22/h3-11,18H,2H2,1H3/t18-/m1/s1. The van der Waals surface area contributed by atoms with Crippen LogP contribution in [0.15, 0.2) is 59.8 Å². The summed E-state index contributed by atoms with van der Waals surface area (Å²) in [7, 11) is 0. The van der Waals surface area contributed by atoms with Gasteiger partial charge >= 0.3 is 6.18 Å². The van der Waals surface area contributed by atoms with Crippen molar-refractivity contribution in [3.8, 4) is 11.6 Å². The number of halogens is 6. The zero-order chi connectivity index (χ0) is 24.6. The van der Waals surface area contributed by atoms with Crippen molar-refractivity contribution < 1.29 is 31.1 Å². The van der Waals surface area contributed by atoms with E-state index in [-0.39, 0.29) is 23.1 Å². The van der Waals surface area contributed by atoms with Crippen LogP contribution in [0, 0.1) is 17.5 Å². The Kier molecular flexibility index (Phi) is 6.03. The molecule has 4 aromatic rings. The summed E-state index contributed by atoms with van der Waals surface area (Å²) in [6, 6.07) is 5.83. The topological polar surface area (TPSA) is 57.0 Å². The molecule has 1 atom stereocenters. The largest absolute Gasteiger partial charge is 0.438 e. The van der Waals surface area contributed by atoms with Crippen LogP contribution in [0.25, 0.3) is 10.9 Å². The van der Waals surface area contributed by atoms with Crippen LogP contribution in [0.5, 0.6) is 11.6 Å². The molecule has 34 heavy (non-hydrogen) atoms. The van der Waals surface area contributed by atoms with Crippen molar-refractivity contribution in [2.45, 2.75) is 25.6 Å². The molecule has 0 N–H and O–H groups in total. The molecular weight excluding hydrogens is 464 g/mol. The van der Waals surface area contributed by atoms with Crippen molar-refractivity contribution in [2.75, 3.05) is 0 Å². The molecule has 0 saturated carbocycles. The Bertz CT molecular complexity index is 1410. The molecule has 0 spiro atoms. The Morgan fingerprint density at radius 2 is 1.74 bits per heavy atom. The molecule has 0 radical (unpaired) electrons. The smallest absolute Gasteiger partial charge is 0.421 e. The number of hydrogen-bond acceptors (Lipinski definition) is 4. The van der Waals surface area contributed by atoms with E-state index in [1.165, 1.54) is 22.8 Å². The molecule has 5 nitrogen and oxygen atoms in total. The number of benzene rings is 2. The Morgan fingerprint density at radius 3 is 2.38 bits per heavy atom. The third-order valence-corrected chi connectivity index (χ3v) is 5.17. The minimum absolute atomic E-state index is 0.0640. The molecule has 0 saturated heterocycles. The Hall–Kier alpha value is -3.89. The average Bonchev–Trinajstić information content (AvgIpc) is 2.77. The quantitative estimate of drug-likeness (QED) is 0.329. The summed E-state index contributed by atoms with van der Waals surface area (Å²) in [6.07, 6.45) is -2.34. The van der Waals surface area contributed by atoms with Gasteiger partial charge in [-0.05, 0) is 36.8 Å². The third-order valence-electron chi connectivity index (χ3n) is 5.17. The van der Waals surface area contributed by atoms with Crippen molar-refractivity contribution in [1.29, 1.82) is 0 Å². The summed E-state index contributed by atoms with van der Waals surface area (Å²) in [5.74, 6) is -4.12. The fourth-order valence-corrected chi connectivity index (χ4v) is 3.68. The van der Waals surface area contributed by atoms with Gasteiger partial charge in [0.2, 0.25) is 5.88 Å². The van der Waals surface area contributed by atoms with Gasteiger partial charge in [0.15, 0.2) is 0 Å². The second kappa shape index (κ2) is 8.81. The van der Waals surface area contributed by atoms with Gasteiger partial charge in [-0.2, -0.15) is 18.2 Å². The third kappa shape index (κ3) is 4.33. The van der Waals surface area contributed by atoms with E-state index >= 15 is 0 Å². The Morgan fingerprint density at radius 1 is 1.03 bits per heavy atom. The highest BCUT2D eigenvalue weighted by Gasteiger charge is 2.35. The van der Waals surface area contributed by atoms with Crippen molar-refractivity contribution in [3.63, 3.8) is 0 Å². The minimum Gasteiger partial charge on any atom is -0.438 e. The maximum Gasteiger partial charge on any atom is 0.421 e.